The Morgan fingerprint density at radius 2 is 2.00 bits per heavy atom. The van der Waals surface area contributed by atoms with Crippen LogP contribution in [0.4, 0.5) is 5.82 Å². The second-order valence-electron chi connectivity index (χ2n) is 4.43. The van der Waals surface area contributed by atoms with E-state index in [0.717, 1.165) is 18.8 Å². The van der Waals surface area contributed by atoms with Crippen molar-refractivity contribution in [1.29, 1.82) is 0 Å². The molecule has 0 aromatic carbocycles. The Labute approximate surface area is 105 Å². The predicted molar refractivity (Wildman–Crippen MR) is 75.4 cm³/mol. The third kappa shape index (κ3) is 3.32. The van der Waals surface area contributed by atoms with Gasteiger partial charge in [0.1, 0.15) is 5.82 Å². The Kier molecular flexibility index (Phi) is 5.20. The van der Waals surface area contributed by atoms with Gasteiger partial charge in [-0.3, -0.25) is 0 Å². The molecule has 17 heavy (non-hydrogen) atoms. The number of hydrogen-bond acceptors (Lipinski definition) is 2. The van der Waals surface area contributed by atoms with Crippen molar-refractivity contribution in [2.24, 2.45) is 0 Å². The summed E-state index contributed by atoms with van der Waals surface area (Å²) in [6.45, 7) is 13.5. The van der Waals surface area contributed by atoms with Crippen LogP contribution in [-0.4, -0.2) is 11.5 Å². The topological polar surface area (TPSA) is 16.1 Å². The molecule has 1 fully saturated rings. The van der Waals surface area contributed by atoms with Crippen molar-refractivity contribution in [3.8, 4) is 0 Å². The van der Waals surface area contributed by atoms with E-state index in [0.29, 0.717) is 5.92 Å². The highest BCUT2D eigenvalue weighted by Gasteiger charge is 2.17. The van der Waals surface area contributed by atoms with Gasteiger partial charge in [-0.15, -0.1) is 0 Å². The lowest BCUT2D eigenvalue weighted by Crippen LogP contribution is -2.16. The van der Waals surface area contributed by atoms with E-state index in [9.17, 15) is 0 Å². The van der Waals surface area contributed by atoms with Crippen LogP contribution in [0.2, 0.25) is 0 Å². The average molecular weight is 232 g/mol. The van der Waals surface area contributed by atoms with Gasteiger partial charge in [0.2, 0.25) is 0 Å². The molecule has 0 radical (unpaired) electrons. The minimum atomic E-state index is 0.549. The number of aromatic nitrogens is 1. The molecular formula is C15H24N2. The molecule has 1 saturated heterocycles. The van der Waals surface area contributed by atoms with Gasteiger partial charge in [-0.25, -0.2) is 4.98 Å². The Bertz CT molecular complexity index is 352. The third-order valence-corrected chi connectivity index (χ3v) is 2.94. The van der Waals surface area contributed by atoms with Gasteiger partial charge in [0, 0.05) is 18.4 Å². The zero-order valence-corrected chi connectivity index (χ0v) is 11.5. The minimum absolute atomic E-state index is 0.549. The summed E-state index contributed by atoms with van der Waals surface area (Å²) in [4.78, 5) is 6.71. The first-order valence-corrected chi connectivity index (χ1v) is 6.60. The molecule has 0 bridgehead atoms. The highest BCUT2D eigenvalue weighted by molar-refractivity contribution is 5.47. The molecular weight excluding hydrogens is 208 g/mol. The van der Waals surface area contributed by atoms with Crippen molar-refractivity contribution in [3.63, 3.8) is 0 Å². The molecule has 1 aliphatic rings. The number of anilines is 1. The summed E-state index contributed by atoms with van der Waals surface area (Å²) in [5, 5.41) is 0. The number of rotatable bonds is 2. The van der Waals surface area contributed by atoms with Crippen molar-refractivity contribution in [2.75, 3.05) is 11.4 Å². The fourth-order valence-corrected chi connectivity index (χ4v) is 1.91. The molecule has 2 rings (SSSR count). The van der Waals surface area contributed by atoms with Gasteiger partial charge < -0.3 is 4.90 Å². The Morgan fingerprint density at radius 1 is 1.29 bits per heavy atom. The molecule has 0 N–H and O–H groups in total. The molecule has 94 valence electrons. The second kappa shape index (κ2) is 6.43. The summed E-state index contributed by atoms with van der Waals surface area (Å²) in [6.07, 6.45) is 4.28. The second-order valence-corrected chi connectivity index (χ2v) is 4.43. The summed E-state index contributed by atoms with van der Waals surface area (Å²) in [6, 6.07) is 4.27. The van der Waals surface area contributed by atoms with E-state index in [1.165, 1.54) is 17.7 Å². The van der Waals surface area contributed by atoms with E-state index < -0.39 is 0 Å². The molecule has 0 amide bonds. The van der Waals surface area contributed by atoms with Crippen molar-refractivity contribution < 1.29 is 0 Å². The van der Waals surface area contributed by atoms with Gasteiger partial charge in [-0.1, -0.05) is 40.3 Å². The molecule has 1 aliphatic heterocycles. The molecule has 0 aliphatic carbocycles. The maximum Gasteiger partial charge on any atom is 0.132 e. The molecule has 1 aromatic heterocycles. The van der Waals surface area contributed by atoms with Crippen LogP contribution >= 0.6 is 0 Å². The lowest BCUT2D eigenvalue weighted by atomic mass is 10.1. The van der Waals surface area contributed by atoms with Crippen LogP contribution in [0, 0.1) is 0 Å². The first kappa shape index (κ1) is 13.8. The van der Waals surface area contributed by atoms with E-state index in [1.807, 2.05) is 20.0 Å². The van der Waals surface area contributed by atoms with Crippen LogP contribution in [0.1, 0.15) is 52.0 Å². The molecule has 2 heteroatoms. The Morgan fingerprint density at radius 3 is 2.41 bits per heavy atom. The van der Waals surface area contributed by atoms with Crippen LogP contribution in [-0.2, 0) is 0 Å². The van der Waals surface area contributed by atoms with E-state index in [2.05, 4.69) is 42.4 Å². The van der Waals surface area contributed by atoms with Gasteiger partial charge in [0.25, 0.3) is 0 Å². The third-order valence-electron chi connectivity index (χ3n) is 2.94. The molecule has 2 nitrogen and oxygen atoms in total. The molecule has 0 saturated carbocycles. The van der Waals surface area contributed by atoms with E-state index >= 15 is 0 Å². The summed E-state index contributed by atoms with van der Waals surface area (Å²) in [5.74, 6) is 1.59. The summed E-state index contributed by atoms with van der Waals surface area (Å²) in [7, 11) is 0. The standard InChI is InChI=1S/C13H18N2.C2H6/c1-10(2)12-6-7-13(14-9-12)15-8-4-5-11(15)3;1-2/h6-7,9-10H,3-5,8H2,1-2H3;1-2H3. The first-order chi connectivity index (χ1) is 8.18. The van der Waals surface area contributed by atoms with Crippen LogP contribution in [0.3, 0.4) is 0 Å². The lowest BCUT2D eigenvalue weighted by Gasteiger charge is -2.18. The Hall–Kier alpha value is -1.31. The van der Waals surface area contributed by atoms with Crippen molar-refractivity contribution in [3.05, 3.63) is 36.2 Å². The normalized spacial score (nSPS) is 14.9. The smallest absolute Gasteiger partial charge is 0.132 e. The molecule has 1 aromatic rings. The molecule has 0 atom stereocenters. The maximum atomic E-state index is 4.50. The zero-order chi connectivity index (χ0) is 12.8. The largest absolute Gasteiger partial charge is 0.331 e. The number of allylic oxidation sites excluding steroid dienone is 1. The van der Waals surface area contributed by atoms with E-state index in [1.54, 1.807) is 0 Å². The lowest BCUT2D eigenvalue weighted by molar-refractivity contribution is 0.854. The van der Waals surface area contributed by atoms with Gasteiger partial charge in [0.15, 0.2) is 0 Å². The highest BCUT2D eigenvalue weighted by Crippen LogP contribution is 2.26. The van der Waals surface area contributed by atoms with Crippen LogP contribution in [0.5, 0.6) is 0 Å². The summed E-state index contributed by atoms with van der Waals surface area (Å²) < 4.78 is 0. The van der Waals surface area contributed by atoms with Crippen LogP contribution in [0.25, 0.3) is 0 Å². The maximum absolute atomic E-state index is 4.50. The monoisotopic (exact) mass is 232 g/mol. The highest BCUT2D eigenvalue weighted by atomic mass is 15.2. The average Bonchev–Trinajstić information content (AvgIpc) is 2.78. The van der Waals surface area contributed by atoms with Crippen molar-refractivity contribution in [1.82, 2.24) is 4.98 Å². The first-order valence-electron chi connectivity index (χ1n) is 6.60. The van der Waals surface area contributed by atoms with Gasteiger partial charge >= 0.3 is 0 Å². The van der Waals surface area contributed by atoms with Gasteiger partial charge in [-0.05, 0) is 30.4 Å². The molecule has 0 unspecified atom stereocenters. The molecule has 2 heterocycles. The van der Waals surface area contributed by atoms with Gasteiger partial charge in [-0.2, -0.15) is 0 Å². The van der Waals surface area contributed by atoms with E-state index in [4.69, 9.17) is 0 Å². The van der Waals surface area contributed by atoms with Crippen molar-refractivity contribution in [2.45, 2.75) is 46.5 Å². The minimum Gasteiger partial charge on any atom is -0.331 e. The van der Waals surface area contributed by atoms with Crippen molar-refractivity contribution >= 4 is 5.82 Å². The van der Waals surface area contributed by atoms with E-state index in [-0.39, 0.29) is 0 Å². The zero-order valence-electron chi connectivity index (χ0n) is 11.5. The number of hydrogen-bond donors (Lipinski definition) is 0. The van der Waals surface area contributed by atoms with Gasteiger partial charge in [0.05, 0.1) is 0 Å². The summed E-state index contributed by atoms with van der Waals surface area (Å²) >= 11 is 0. The number of pyridine rings is 1. The molecule has 0 spiro atoms. The van der Waals surface area contributed by atoms with Crippen LogP contribution in [0.15, 0.2) is 30.6 Å². The van der Waals surface area contributed by atoms with Crippen LogP contribution < -0.4 is 4.90 Å². The number of nitrogens with zero attached hydrogens (tertiary/aromatic N) is 2. The SMILES string of the molecule is C=C1CCCN1c1ccc(C(C)C)cn1.CC. The fraction of sp³-hybridized carbons (Fsp3) is 0.533. The summed E-state index contributed by atoms with van der Waals surface area (Å²) in [5.41, 5.74) is 2.49. The Balaban J connectivity index is 0.000000686. The quantitative estimate of drug-likeness (QED) is 0.753. The fourth-order valence-electron chi connectivity index (χ4n) is 1.91. The predicted octanol–water partition coefficient (Wildman–Crippen LogP) is 4.35.